The summed E-state index contributed by atoms with van der Waals surface area (Å²) in [5.41, 5.74) is 0.575. The van der Waals surface area contributed by atoms with Gasteiger partial charge in [0.1, 0.15) is 5.75 Å². The maximum absolute atomic E-state index is 11.5. The van der Waals surface area contributed by atoms with Crippen molar-refractivity contribution in [1.29, 1.82) is 0 Å². The number of para-hydroxylation sites is 1. The molecular formula is C15H17N3O2. The molecule has 20 heavy (non-hydrogen) atoms. The monoisotopic (exact) mass is 271 g/mol. The normalized spacial score (nSPS) is 10.1. The highest BCUT2D eigenvalue weighted by Crippen LogP contribution is 2.17. The summed E-state index contributed by atoms with van der Waals surface area (Å²) in [7, 11) is 0. The predicted octanol–water partition coefficient (Wildman–Crippen LogP) is 3.40. The van der Waals surface area contributed by atoms with Crippen LogP contribution in [0.25, 0.3) is 0 Å². The average Bonchev–Trinajstić information content (AvgIpc) is 2.48. The van der Waals surface area contributed by atoms with Gasteiger partial charge in [0.05, 0.1) is 18.1 Å². The van der Waals surface area contributed by atoms with E-state index in [1.54, 1.807) is 0 Å². The maximum Gasteiger partial charge on any atom is 0.322 e. The van der Waals surface area contributed by atoms with E-state index in [0.717, 1.165) is 12.8 Å². The van der Waals surface area contributed by atoms with Crippen LogP contribution in [0.15, 0.2) is 42.7 Å². The molecule has 1 aromatic carbocycles. The molecule has 0 aliphatic rings. The second-order valence-corrected chi connectivity index (χ2v) is 4.32. The molecule has 0 saturated carbocycles. The summed E-state index contributed by atoms with van der Waals surface area (Å²) in [6, 6.07) is 9.55. The fourth-order valence-electron chi connectivity index (χ4n) is 1.59. The summed E-state index contributed by atoms with van der Waals surface area (Å²) in [6.07, 6.45) is 5.46. The number of nitrogens with zero attached hydrogens (tertiary/aromatic N) is 2. The fourth-order valence-corrected chi connectivity index (χ4v) is 1.59. The van der Waals surface area contributed by atoms with Gasteiger partial charge in [-0.1, -0.05) is 31.5 Å². The smallest absolute Gasteiger partial charge is 0.322 e. The zero-order chi connectivity index (χ0) is 14.2. The Morgan fingerprint density at radius 2 is 1.90 bits per heavy atom. The molecule has 0 radical (unpaired) electrons. The van der Waals surface area contributed by atoms with Crippen LogP contribution in [0.3, 0.4) is 0 Å². The van der Waals surface area contributed by atoms with Crippen LogP contribution in [0.1, 0.15) is 26.2 Å². The van der Waals surface area contributed by atoms with Gasteiger partial charge in [-0.15, -0.1) is 0 Å². The van der Waals surface area contributed by atoms with Crippen molar-refractivity contribution >= 4 is 11.6 Å². The van der Waals surface area contributed by atoms with Crippen LogP contribution in [0.2, 0.25) is 0 Å². The lowest BCUT2D eigenvalue weighted by Crippen LogP contribution is -2.11. The Hall–Kier alpha value is -2.43. The third-order valence-electron chi connectivity index (χ3n) is 2.62. The first-order valence-electron chi connectivity index (χ1n) is 6.62. The van der Waals surface area contributed by atoms with Crippen LogP contribution in [0, 0.1) is 0 Å². The predicted molar refractivity (Wildman–Crippen MR) is 76.7 cm³/mol. The summed E-state index contributed by atoms with van der Waals surface area (Å²) in [5.74, 6) is 0.652. The standard InChI is InChI=1S/C15H17N3O2/c1-2-3-9-14(19)18-12-10-16-15(17-11-12)20-13-7-5-4-6-8-13/h4-8,10-11H,2-3,9H2,1H3,(H,18,19). The molecule has 1 heterocycles. The first kappa shape index (κ1) is 14.0. The number of carbonyl (C=O) groups excluding carboxylic acids is 1. The van der Waals surface area contributed by atoms with E-state index in [4.69, 9.17) is 4.74 Å². The minimum absolute atomic E-state index is 0.0211. The molecule has 1 aromatic heterocycles. The van der Waals surface area contributed by atoms with Crippen molar-refractivity contribution in [3.05, 3.63) is 42.7 Å². The van der Waals surface area contributed by atoms with Crippen molar-refractivity contribution in [3.63, 3.8) is 0 Å². The Morgan fingerprint density at radius 1 is 1.20 bits per heavy atom. The highest BCUT2D eigenvalue weighted by molar-refractivity contribution is 5.90. The second-order valence-electron chi connectivity index (χ2n) is 4.32. The third-order valence-corrected chi connectivity index (χ3v) is 2.62. The zero-order valence-electron chi connectivity index (χ0n) is 11.4. The Bertz CT molecular complexity index is 541. The second kappa shape index (κ2) is 7.23. The molecule has 0 aliphatic carbocycles. The Labute approximate surface area is 118 Å². The van der Waals surface area contributed by atoms with Crippen molar-refractivity contribution in [2.45, 2.75) is 26.2 Å². The molecule has 0 unspecified atom stereocenters. The van der Waals surface area contributed by atoms with E-state index < -0.39 is 0 Å². The van der Waals surface area contributed by atoms with Gasteiger partial charge in [-0.25, -0.2) is 9.97 Å². The number of carbonyl (C=O) groups is 1. The van der Waals surface area contributed by atoms with Gasteiger partial charge >= 0.3 is 6.01 Å². The lowest BCUT2D eigenvalue weighted by molar-refractivity contribution is -0.116. The average molecular weight is 271 g/mol. The lowest BCUT2D eigenvalue weighted by atomic mass is 10.2. The fraction of sp³-hybridized carbons (Fsp3) is 0.267. The van der Waals surface area contributed by atoms with E-state index >= 15 is 0 Å². The topological polar surface area (TPSA) is 64.1 Å². The molecule has 2 aromatic rings. The number of amides is 1. The minimum Gasteiger partial charge on any atom is -0.424 e. The third kappa shape index (κ3) is 4.35. The van der Waals surface area contributed by atoms with Gasteiger partial charge < -0.3 is 10.1 Å². The number of unbranched alkanes of at least 4 members (excludes halogenated alkanes) is 1. The van der Waals surface area contributed by atoms with E-state index in [2.05, 4.69) is 15.3 Å². The molecule has 0 spiro atoms. The Morgan fingerprint density at radius 3 is 2.55 bits per heavy atom. The van der Waals surface area contributed by atoms with Crippen LogP contribution in [0.4, 0.5) is 5.69 Å². The molecular weight excluding hydrogens is 254 g/mol. The zero-order valence-corrected chi connectivity index (χ0v) is 11.4. The van der Waals surface area contributed by atoms with Gasteiger partial charge in [0.15, 0.2) is 0 Å². The molecule has 5 heteroatoms. The van der Waals surface area contributed by atoms with Crippen molar-refractivity contribution in [1.82, 2.24) is 9.97 Å². The molecule has 1 N–H and O–H groups in total. The van der Waals surface area contributed by atoms with E-state index in [9.17, 15) is 4.79 Å². The summed E-state index contributed by atoms with van der Waals surface area (Å²) in [6.45, 7) is 2.05. The summed E-state index contributed by atoms with van der Waals surface area (Å²) >= 11 is 0. The molecule has 104 valence electrons. The highest BCUT2D eigenvalue weighted by atomic mass is 16.5. The molecule has 0 fully saturated rings. The SMILES string of the molecule is CCCCC(=O)Nc1cnc(Oc2ccccc2)nc1. The lowest BCUT2D eigenvalue weighted by Gasteiger charge is -2.06. The summed E-state index contributed by atoms with van der Waals surface area (Å²) in [4.78, 5) is 19.7. The first-order chi connectivity index (χ1) is 9.78. The minimum atomic E-state index is -0.0211. The van der Waals surface area contributed by atoms with Crippen molar-refractivity contribution in [3.8, 4) is 11.8 Å². The van der Waals surface area contributed by atoms with E-state index in [1.165, 1.54) is 12.4 Å². The molecule has 0 atom stereocenters. The van der Waals surface area contributed by atoms with E-state index in [-0.39, 0.29) is 11.9 Å². The first-order valence-corrected chi connectivity index (χ1v) is 6.62. The largest absolute Gasteiger partial charge is 0.424 e. The van der Waals surface area contributed by atoms with Gasteiger partial charge in [0, 0.05) is 6.42 Å². The van der Waals surface area contributed by atoms with Gasteiger partial charge in [-0.05, 0) is 18.6 Å². The molecule has 0 bridgehead atoms. The van der Waals surface area contributed by atoms with Crippen molar-refractivity contribution < 1.29 is 9.53 Å². The molecule has 0 aliphatic heterocycles. The summed E-state index contributed by atoms with van der Waals surface area (Å²) in [5, 5.41) is 2.75. The molecule has 2 rings (SSSR count). The molecule has 0 saturated heterocycles. The van der Waals surface area contributed by atoms with E-state index in [1.807, 2.05) is 37.3 Å². The van der Waals surface area contributed by atoms with Gasteiger partial charge in [0.25, 0.3) is 0 Å². The summed E-state index contributed by atoms with van der Waals surface area (Å²) < 4.78 is 5.47. The number of hydrogen-bond donors (Lipinski definition) is 1. The van der Waals surface area contributed by atoms with Crippen LogP contribution in [-0.4, -0.2) is 15.9 Å². The molecule has 1 amide bonds. The maximum atomic E-state index is 11.5. The van der Waals surface area contributed by atoms with Crippen molar-refractivity contribution in [2.75, 3.05) is 5.32 Å². The van der Waals surface area contributed by atoms with Gasteiger partial charge in [-0.2, -0.15) is 0 Å². The van der Waals surface area contributed by atoms with Gasteiger partial charge in [0.2, 0.25) is 5.91 Å². The number of anilines is 1. The van der Waals surface area contributed by atoms with Crippen LogP contribution < -0.4 is 10.1 Å². The number of hydrogen-bond acceptors (Lipinski definition) is 4. The van der Waals surface area contributed by atoms with Crippen molar-refractivity contribution in [2.24, 2.45) is 0 Å². The number of rotatable bonds is 6. The van der Waals surface area contributed by atoms with Crippen LogP contribution in [0.5, 0.6) is 11.8 Å². The number of nitrogens with one attached hydrogen (secondary N) is 1. The van der Waals surface area contributed by atoms with Crippen LogP contribution in [-0.2, 0) is 4.79 Å². The number of benzene rings is 1. The van der Waals surface area contributed by atoms with E-state index in [0.29, 0.717) is 17.9 Å². The Balaban J connectivity index is 1.91. The number of ether oxygens (including phenoxy) is 1. The number of aromatic nitrogens is 2. The highest BCUT2D eigenvalue weighted by Gasteiger charge is 2.04. The van der Waals surface area contributed by atoms with Gasteiger partial charge in [-0.3, -0.25) is 4.79 Å². The Kier molecular flexibility index (Phi) is 5.06. The molecule has 5 nitrogen and oxygen atoms in total. The van der Waals surface area contributed by atoms with Crippen LogP contribution >= 0.6 is 0 Å². The quantitative estimate of drug-likeness (QED) is 0.874.